The zero-order valence-electron chi connectivity index (χ0n) is 15.6. The van der Waals surface area contributed by atoms with E-state index in [4.69, 9.17) is 9.47 Å². The minimum atomic E-state index is -0.211. The lowest BCUT2D eigenvalue weighted by Crippen LogP contribution is -2.12. The van der Waals surface area contributed by atoms with Crippen molar-refractivity contribution in [3.05, 3.63) is 57.4 Å². The first kappa shape index (κ1) is 17.1. The Bertz CT molecular complexity index is 1180. The van der Waals surface area contributed by atoms with Gasteiger partial charge in [0.2, 0.25) is 0 Å². The molecule has 1 aromatic carbocycles. The number of methoxy groups -OCH3 is 2. The minimum Gasteiger partial charge on any atom is -0.493 e. The fraction of sp³-hybridized carbons (Fsp3) is 0.250. The monoisotopic (exact) mass is 364 g/mol. The number of aryl methyl sites for hydroxylation is 2. The highest BCUT2D eigenvalue weighted by Crippen LogP contribution is 2.30. The van der Waals surface area contributed by atoms with Gasteiger partial charge in [-0.1, -0.05) is 0 Å². The molecule has 138 valence electrons. The molecule has 7 nitrogen and oxygen atoms in total. The van der Waals surface area contributed by atoms with E-state index in [1.165, 1.54) is 7.11 Å². The van der Waals surface area contributed by atoms with Crippen LogP contribution in [0.5, 0.6) is 11.5 Å². The first-order valence-electron chi connectivity index (χ1n) is 8.59. The van der Waals surface area contributed by atoms with E-state index in [2.05, 4.69) is 26.0 Å². The average molecular weight is 364 g/mol. The maximum Gasteiger partial charge on any atom is 0.258 e. The van der Waals surface area contributed by atoms with Crippen LogP contribution in [-0.4, -0.2) is 34.2 Å². The number of rotatable bonds is 4. The third-order valence-electron chi connectivity index (χ3n) is 4.72. The van der Waals surface area contributed by atoms with Gasteiger partial charge in [-0.15, -0.1) is 0 Å². The van der Waals surface area contributed by atoms with E-state index in [9.17, 15) is 4.79 Å². The van der Waals surface area contributed by atoms with Gasteiger partial charge in [0.1, 0.15) is 5.82 Å². The Balaban J connectivity index is 1.77. The van der Waals surface area contributed by atoms with E-state index >= 15 is 0 Å². The standard InChI is InChI=1S/C20H20N4O3/c1-10-5-15-16(21-11(10)2)6-12(22-15)7-19-23-14-9-18(27-4)17(26-3)8-13(14)20(25)24-19/h5-6,8-9,22H,7H2,1-4H3,(H,23,24,25). The van der Waals surface area contributed by atoms with Crippen molar-refractivity contribution in [2.45, 2.75) is 20.3 Å². The van der Waals surface area contributed by atoms with Crippen LogP contribution in [0.1, 0.15) is 22.8 Å². The number of hydrogen-bond donors (Lipinski definition) is 2. The molecule has 0 saturated heterocycles. The fourth-order valence-corrected chi connectivity index (χ4v) is 3.18. The summed E-state index contributed by atoms with van der Waals surface area (Å²) in [7, 11) is 3.09. The third kappa shape index (κ3) is 3.01. The Labute approximate surface area is 155 Å². The Hall–Kier alpha value is -3.35. The van der Waals surface area contributed by atoms with Crippen LogP contribution in [0.3, 0.4) is 0 Å². The Kier molecular flexibility index (Phi) is 4.07. The van der Waals surface area contributed by atoms with Gasteiger partial charge >= 0.3 is 0 Å². The lowest BCUT2D eigenvalue weighted by atomic mass is 10.2. The molecule has 0 unspecified atom stereocenters. The maximum absolute atomic E-state index is 12.5. The van der Waals surface area contributed by atoms with Crippen LogP contribution in [-0.2, 0) is 6.42 Å². The van der Waals surface area contributed by atoms with Crippen molar-refractivity contribution in [2.24, 2.45) is 0 Å². The molecular formula is C20H20N4O3. The Morgan fingerprint density at radius 2 is 1.67 bits per heavy atom. The predicted molar refractivity (Wildman–Crippen MR) is 104 cm³/mol. The molecule has 3 aromatic heterocycles. The number of hydrogen-bond acceptors (Lipinski definition) is 5. The smallest absolute Gasteiger partial charge is 0.258 e. The lowest BCUT2D eigenvalue weighted by Gasteiger charge is -2.09. The number of aromatic nitrogens is 4. The molecule has 0 saturated carbocycles. The summed E-state index contributed by atoms with van der Waals surface area (Å²) < 4.78 is 10.6. The van der Waals surface area contributed by atoms with Crippen molar-refractivity contribution in [2.75, 3.05) is 14.2 Å². The first-order valence-corrected chi connectivity index (χ1v) is 8.59. The molecule has 4 aromatic rings. The number of nitrogens with zero attached hydrogens (tertiary/aromatic N) is 2. The molecule has 0 atom stereocenters. The summed E-state index contributed by atoms with van der Waals surface area (Å²) in [5.74, 6) is 1.60. The predicted octanol–water partition coefficient (Wildman–Crippen LogP) is 3.02. The zero-order valence-corrected chi connectivity index (χ0v) is 15.6. The van der Waals surface area contributed by atoms with Crippen molar-refractivity contribution in [3.8, 4) is 11.5 Å². The largest absolute Gasteiger partial charge is 0.493 e. The van der Waals surface area contributed by atoms with Gasteiger partial charge in [0, 0.05) is 23.9 Å². The van der Waals surface area contributed by atoms with Crippen molar-refractivity contribution in [3.63, 3.8) is 0 Å². The minimum absolute atomic E-state index is 0.211. The highest BCUT2D eigenvalue weighted by Gasteiger charge is 2.12. The number of fused-ring (bicyclic) bond motifs is 2. The molecular weight excluding hydrogens is 344 g/mol. The molecule has 0 amide bonds. The number of aromatic amines is 2. The summed E-state index contributed by atoms with van der Waals surface area (Å²) in [6.07, 6.45) is 0.466. The fourth-order valence-electron chi connectivity index (χ4n) is 3.18. The van der Waals surface area contributed by atoms with Crippen LogP contribution in [0.15, 0.2) is 29.1 Å². The Morgan fingerprint density at radius 1 is 0.926 bits per heavy atom. The van der Waals surface area contributed by atoms with Crippen LogP contribution in [0.25, 0.3) is 21.9 Å². The first-order chi connectivity index (χ1) is 13.0. The van der Waals surface area contributed by atoms with E-state index < -0.39 is 0 Å². The molecule has 0 radical (unpaired) electrons. The normalized spacial score (nSPS) is 11.3. The highest BCUT2D eigenvalue weighted by atomic mass is 16.5. The summed E-state index contributed by atoms with van der Waals surface area (Å²) in [5.41, 5.74) is 5.31. The van der Waals surface area contributed by atoms with Crippen LogP contribution >= 0.6 is 0 Å². The van der Waals surface area contributed by atoms with Crippen LogP contribution < -0.4 is 15.0 Å². The van der Waals surface area contributed by atoms with E-state index in [-0.39, 0.29) is 5.56 Å². The van der Waals surface area contributed by atoms with Crippen molar-refractivity contribution in [1.82, 2.24) is 19.9 Å². The third-order valence-corrected chi connectivity index (χ3v) is 4.72. The summed E-state index contributed by atoms with van der Waals surface area (Å²) in [6, 6.07) is 7.42. The van der Waals surface area contributed by atoms with Gasteiger partial charge in [-0.05, 0) is 37.6 Å². The second kappa shape index (κ2) is 6.42. The summed E-state index contributed by atoms with van der Waals surface area (Å²) >= 11 is 0. The van der Waals surface area contributed by atoms with Gasteiger partial charge < -0.3 is 19.4 Å². The van der Waals surface area contributed by atoms with Gasteiger partial charge in [-0.25, -0.2) is 4.98 Å². The van der Waals surface area contributed by atoms with E-state index in [0.29, 0.717) is 34.6 Å². The topological polar surface area (TPSA) is 92.9 Å². The summed E-state index contributed by atoms with van der Waals surface area (Å²) in [4.78, 5) is 27.9. The van der Waals surface area contributed by atoms with Gasteiger partial charge in [-0.2, -0.15) is 0 Å². The van der Waals surface area contributed by atoms with Crippen molar-refractivity contribution < 1.29 is 9.47 Å². The summed E-state index contributed by atoms with van der Waals surface area (Å²) in [5, 5.41) is 0.459. The molecule has 0 aliphatic carbocycles. The number of benzene rings is 1. The average Bonchev–Trinajstić information content (AvgIpc) is 3.01. The van der Waals surface area contributed by atoms with Gasteiger partial charge in [0.05, 0.1) is 36.2 Å². The SMILES string of the molecule is COc1cc2nc(Cc3cc4nc(C)c(C)cc4[nH]3)[nH]c(=O)c2cc1OC. The van der Waals surface area contributed by atoms with Gasteiger partial charge in [-0.3, -0.25) is 9.78 Å². The summed E-state index contributed by atoms with van der Waals surface area (Å²) in [6.45, 7) is 4.03. The number of nitrogens with one attached hydrogen (secondary N) is 2. The Morgan fingerprint density at radius 3 is 2.41 bits per heavy atom. The highest BCUT2D eigenvalue weighted by molar-refractivity contribution is 5.82. The van der Waals surface area contributed by atoms with Gasteiger partial charge in [0.15, 0.2) is 11.5 Å². The van der Waals surface area contributed by atoms with Crippen molar-refractivity contribution >= 4 is 21.9 Å². The second-order valence-corrected chi connectivity index (χ2v) is 6.53. The maximum atomic E-state index is 12.5. The molecule has 27 heavy (non-hydrogen) atoms. The molecule has 4 rings (SSSR count). The molecule has 3 heterocycles. The van der Waals surface area contributed by atoms with Crippen LogP contribution in [0, 0.1) is 13.8 Å². The molecule has 7 heteroatoms. The zero-order chi connectivity index (χ0) is 19.1. The second-order valence-electron chi connectivity index (χ2n) is 6.53. The molecule has 0 spiro atoms. The molecule has 0 aliphatic rings. The molecule has 0 fully saturated rings. The van der Waals surface area contributed by atoms with E-state index in [1.54, 1.807) is 19.2 Å². The lowest BCUT2D eigenvalue weighted by molar-refractivity contribution is 0.355. The number of H-pyrrole nitrogens is 2. The molecule has 0 bridgehead atoms. The number of ether oxygens (including phenoxy) is 2. The van der Waals surface area contributed by atoms with Gasteiger partial charge in [0.25, 0.3) is 5.56 Å². The van der Waals surface area contributed by atoms with Crippen LogP contribution in [0.2, 0.25) is 0 Å². The van der Waals surface area contributed by atoms with E-state index in [1.807, 2.05) is 19.9 Å². The van der Waals surface area contributed by atoms with E-state index in [0.717, 1.165) is 28.0 Å². The molecule has 2 N–H and O–H groups in total. The quantitative estimate of drug-likeness (QED) is 0.581. The number of pyridine rings is 1. The van der Waals surface area contributed by atoms with Crippen molar-refractivity contribution in [1.29, 1.82) is 0 Å². The van der Waals surface area contributed by atoms with Crippen LogP contribution in [0.4, 0.5) is 0 Å². The molecule has 0 aliphatic heterocycles.